The van der Waals surface area contributed by atoms with Crippen LogP contribution in [0.15, 0.2) is 25.3 Å². The van der Waals surface area contributed by atoms with Crippen LogP contribution < -0.4 is 16.8 Å². The first-order valence-corrected chi connectivity index (χ1v) is 3.11. The number of nitrogens with zero attached hydrogens (tertiary/aromatic N) is 1. The Morgan fingerprint density at radius 3 is 2.27 bits per heavy atom. The summed E-state index contributed by atoms with van der Waals surface area (Å²) in [6, 6.07) is -0.719. The van der Waals surface area contributed by atoms with E-state index in [0.717, 1.165) is 0 Å². The largest absolute Gasteiger partial charge is 0.368 e. The van der Waals surface area contributed by atoms with Crippen molar-refractivity contribution in [1.29, 1.82) is 0 Å². The molecule has 0 aliphatic rings. The summed E-state index contributed by atoms with van der Waals surface area (Å²) in [5, 5.41) is 3.78. The van der Waals surface area contributed by atoms with E-state index in [9.17, 15) is 4.79 Å². The van der Waals surface area contributed by atoms with E-state index in [1.54, 1.807) is 0 Å². The summed E-state index contributed by atoms with van der Waals surface area (Å²) in [5.41, 5.74) is 10.3. The van der Waals surface area contributed by atoms with Crippen molar-refractivity contribution in [2.24, 2.45) is 11.5 Å². The van der Waals surface area contributed by atoms with Gasteiger partial charge < -0.3 is 11.5 Å². The maximum atomic E-state index is 10.5. The van der Waals surface area contributed by atoms with Gasteiger partial charge in [-0.3, -0.25) is 4.79 Å². The highest BCUT2D eigenvalue weighted by Crippen LogP contribution is 1.87. The number of amides is 1. The van der Waals surface area contributed by atoms with Crippen molar-refractivity contribution >= 4 is 5.91 Å². The molecule has 2 unspecified atom stereocenters. The molecule has 0 spiro atoms. The Balaban J connectivity index is 3.97. The molecule has 0 heterocycles. The lowest BCUT2D eigenvalue weighted by Crippen LogP contribution is -2.42. The molecule has 0 saturated heterocycles. The van der Waals surface area contributed by atoms with Crippen LogP contribution in [0.1, 0.15) is 0 Å². The van der Waals surface area contributed by atoms with Crippen LogP contribution in [-0.4, -0.2) is 18.1 Å². The van der Waals surface area contributed by atoms with Crippen LogP contribution in [0.2, 0.25) is 0 Å². The van der Waals surface area contributed by atoms with Gasteiger partial charge in [0.25, 0.3) is 0 Å². The van der Waals surface area contributed by atoms with Crippen LogP contribution in [0.3, 0.4) is 0 Å². The molecule has 1 radical (unpaired) electrons. The molecule has 1 amide bonds. The molecule has 0 aliphatic heterocycles. The highest BCUT2D eigenvalue weighted by atomic mass is 16.1. The second kappa shape index (κ2) is 4.65. The number of hydrogen-bond donors (Lipinski definition) is 2. The van der Waals surface area contributed by atoms with E-state index in [1.165, 1.54) is 12.2 Å². The highest BCUT2D eigenvalue weighted by Gasteiger charge is 2.13. The molecule has 4 nitrogen and oxygen atoms in total. The predicted octanol–water partition coefficient (Wildman–Crippen LogP) is -0.898. The smallest absolute Gasteiger partial charge is 0.240 e. The van der Waals surface area contributed by atoms with Gasteiger partial charge in [-0.25, -0.2) is 5.32 Å². The van der Waals surface area contributed by atoms with Crippen LogP contribution in [0, 0.1) is 0 Å². The molecule has 11 heavy (non-hydrogen) atoms. The normalized spacial score (nSPS) is 15.0. The molecule has 0 aromatic carbocycles. The molecule has 0 saturated carbocycles. The van der Waals surface area contributed by atoms with E-state index in [-0.39, 0.29) is 0 Å². The molecular weight excluding hydrogens is 142 g/mol. The minimum atomic E-state index is -0.719. The van der Waals surface area contributed by atoms with Gasteiger partial charge >= 0.3 is 0 Å². The summed E-state index contributed by atoms with van der Waals surface area (Å²) in [4.78, 5) is 10.5. The van der Waals surface area contributed by atoms with Crippen molar-refractivity contribution in [3.8, 4) is 0 Å². The molecule has 0 rings (SSSR count). The Morgan fingerprint density at radius 1 is 1.45 bits per heavy atom. The summed E-state index contributed by atoms with van der Waals surface area (Å²) >= 11 is 0. The minimum absolute atomic E-state index is 0.558. The average Bonchev–Trinajstić information content (AvgIpc) is 1.99. The first-order chi connectivity index (χ1) is 5.11. The SMILES string of the molecule is C=CC(N)[N]C(C=C)C(N)=O. The fourth-order valence-corrected chi connectivity index (χ4v) is 0.497. The minimum Gasteiger partial charge on any atom is -0.368 e. The zero-order chi connectivity index (χ0) is 8.85. The number of nitrogens with two attached hydrogens (primary N) is 2. The van der Waals surface area contributed by atoms with Gasteiger partial charge in [0.2, 0.25) is 5.91 Å². The zero-order valence-electron chi connectivity index (χ0n) is 6.23. The van der Waals surface area contributed by atoms with Gasteiger partial charge in [0.05, 0.1) is 6.17 Å². The highest BCUT2D eigenvalue weighted by molar-refractivity contribution is 5.81. The number of rotatable bonds is 5. The fraction of sp³-hybridized carbons (Fsp3) is 0.286. The Bertz CT molecular complexity index is 167. The maximum absolute atomic E-state index is 10.5. The lowest BCUT2D eigenvalue weighted by molar-refractivity contribution is -0.119. The maximum Gasteiger partial charge on any atom is 0.240 e. The van der Waals surface area contributed by atoms with Gasteiger partial charge in [0.1, 0.15) is 6.04 Å². The summed E-state index contributed by atoms with van der Waals surface area (Å²) in [5.74, 6) is -0.558. The third kappa shape index (κ3) is 3.54. The Kier molecular flexibility index (Phi) is 4.17. The first-order valence-electron chi connectivity index (χ1n) is 3.11. The summed E-state index contributed by atoms with van der Waals surface area (Å²) in [6.45, 7) is 6.79. The van der Waals surface area contributed by atoms with Crippen LogP contribution in [0.25, 0.3) is 0 Å². The Hall–Kier alpha value is -1.13. The standard InChI is InChI=1S/C7H12N3O/c1-3-5(7(9)11)10-6(8)4-2/h3-6H,1-2,8H2,(H2,9,11). The number of hydrogen-bond acceptors (Lipinski definition) is 2. The average molecular weight is 154 g/mol. The monoisotopic (exact) mass is 154 g/mol. The van der Waals surface area contributed by atoms with E-state index >= 15 is 0 Å². The van der Waals surface area contributed by atoms with E-state index in [2.05, 4.69) is 18.5 Å². The molecule has 4 N–H and O–H groups in total. The third-order valence-corrected chi connectivity index (χ3v) is 1.09. The van der Waals surface area contributed by atoms with E-state index in [1.807, 2.05) is 0 Å². The Morgan fingerprint density at radius 2 is 2.00 bits per heavy atom. The van der Waals surface area contributed by atoms with Gasteiger partial charge in [-0.15, -0.1) is 13.2 Å². The van der Waals surface area contributed by atoms with Crippen molar-refractivity contribution in [2.45, 2.75) is 12.2 Å². The van der Waals surface area contributed by atoms with Crippen molar-refractivity contribution in [2.75, 3.05) is 0 Å². The van der Waals surface area contributed by atoms with Crippen molar-refractivity contribution in [1.82, 2.24) is 5.32 Å². The molecule has 0 aliphatic carbocycles. The molecule has 0 fully saturated rings. The van der Waals surface area contributed by atoms with E-state index < -0.39 is 18.1 Å². The van der Waals surface area contributed by atoms with Crippen molar-refractivity contribution in [3.05, 3.63) is 25.3 Å². The second-order valence-electron chi connectivity index (χ2n) is 1.96. The lowest BCUT2D eigenvalue weighted by Gasteiger charge is -2.11. The van der Waals surface area contributed by atoms with Gasteiger partial charge in [-0.2, -0.15) is 0 Å². The molecule has 0 aromatic heterocycles. The number of carbonyl (C=O) groups excluding carboxylic acids is 1. The predicted molar refractivity (Wildman–Crippen MR) is 43.5 cm³/mol. The van der Waals surface area contributed by atoms with Gasteiger partial charge in [0.15, 0.2) is 0 Å². The van der Waals surface area contributed by atoms with E-state index in [4.69, 9.17) is 11.5 Å². The van der Waals surface area contributed by atoms with Crippen LogP contribution in [0.5, 0.6) is 0 Å². The molecule has 0 aromatic rings. The number of primary amides is 1. The molecule has 61 valence electrons. The summed E-state index contributed by atoms with van der Waals surface area (Å²) in [6.07, 6.45) is 2.19. The molecule has 4 heteroatoms. The topological polar surface area (TPSA) is 83.2 Å². The van der Waals surface area contributed by atoms with Gasteiger partial charge in [-0.05, 0) is 0 Å². The third-order valence-electron chi connectivity index (χ3n) is 1.09. The fourth-order valence-electron chi connectivity index (χ4n) is 0.497. The van der Waals surface area contributed by atoms with Crippen molar-refractivity contribution in [3.63, 3.8) is 0 Å². The van der Waals surface area contributed by atoms with Gasteiger partial charge in [-0.1, -0.05) is 12.2 Å². The van der Waals surface area contributed by atoms with E-state index in [0.29, 0.717) is 0 Å². The van der Waals surface area contributed by atoms with Crippen molar-refractivity contribution < 1.29 is 4.79 Å². The first kappa shape index (κ1) is 9.87. The summed E-state index contributed by atoms with van der Waals surface area (Å²) < 4.78 is 0. The van der Waals surface area contributed by atoms with Crippen LogP contribution in [-0.2, 0) is 4.79 Å². The second-order valence-corrected chi connectivity index (χ2v) is 1.96. The molecular formula is C7H12N3O. The Labute approximate surface area is 65.9 Å². The molecule has 0 bridgehead atoms. The molecule has 2 atom stereocenters. The number of carbonyl (C=O) groups is 1. The zero-order valence-corrected chi connectivity index (χ0v) is 6.23. The lowest BCUT2D eigenvalue weighted by atomic mass is 10.2. The van der Waals surface area contributed by atoms with Crippen LogP contribution in [0.4, 0.5) is 0 Å². The summed E-state index contributed by atoms with van der Waals surface area (Å²) in [7, 11) is 0. The van der Waals surface area contributed by atoms with Gasteiger partial charge in [0, 0.05) is 0 Å². The quantitative estimate of drug-likeness (QED) is 0.503. The van der Waals surface area contributed by atoms with Crippen LogP contribution >= 0.6 is 0 Å².